The molecule has 1 aliphatic heterocycles. The average Bonchev–Trinajstić information content (AvgIpc) is 2.38. The van der Waals surface area contributed by atoms with Crippen LogP contribution in [-0.4, -0.2) is 30.9 Å². The van der Waals surface area contributed by atoms with E-state index in [9.17, 15) is 5.11 Å². The fraction of sp³-hybridized carbons (Fsp3) is 0.647. The second-order valence-electron chi connectivity index (χ2n) is 6.58. The van der Waals surface area contributed by atoms with Crippen LogP contribution in [0, 0.1) is 0 Å². The van der Waals surface area contributed by atoms with E-state index in [2.05, 4.69) is 43.9 Å². The van der Waals surface area contributed by atoms with Gasteiger partial charge in [-0.25, -0.2) is 0 Å². The van der Waals surface area contributed by atoms with E-state index < -0.39 is 0 Å². The fourth-order valence-corrected chi connectivity index (χ4v) is 2.73. The molecule has 112 valence electrons. The van der Waals surface area contributed by atoms with Crippen molar-refractivity contribution in [2.45, 2.75) is 52.1 Å². The average molecular weight is 277 g/mol. The van der Waals surface area contributed by atoms with Crippen molar-refractivity contribution in [1.82, 2.24) is 0 Å². The lowest BCUT2D eigenvalue weighted by atomic mass is 9.86. The zero-order chi connectivity index (χ0) is 14.8. The second kappa shape index (κ2) is 6.04. The van der Waals surface area contributed by atoms with Gasteiger partial charge in [-0.1, -0.05) is 26.8 Å². The molecule has 0 saturated carbocycles. The van der Waals surface area contributed by atoms with Crippen molar-refractivity contribution < 1.29 is 9.84 Å². The standard InChI is InChI=1S/C17H27NO2/c1-5-20-16-12-13(6-7-15(16)17(2,3)4)18-10-8-14(19)9-11-18/h6-7,12,14,19H,5,8-11H2,1-4H3. The normalized spacial score (nSPS) is 17.4. The van der Waals surface area contributed by atoms with Crippen molar-refractivity contribution in [2.75, 3.05) is 24.6 Å². The van der Waals surface area contributed by atoms with Crippen molar-refractivity contribution in [3.05, 3.63) is 23.8 Å². The summed E-state index contributed by atoms with van der Waals surface area (Å²) in [6.07, 6.45) is 1.57. The number of hydrogen-bond acceptors (Lipinski definition) is 3. The maximum atomic E-state index is 9.61. The lowest BCUT2D eigenvalue weighted by Crippen LogP contribution is -2.35. The molecule has 1 aromatic rings. The van der Waals surface area contributed by atoms with Crippen LogP contribution < -0.4 is 9.64 Å². The molecule has 3 nitrogen and oxygen atoms in total. The lowest BCUT2D eigenvalue weighted by molar-refractivity contribution is 0.145. The topological polar surface area (TPSA) is 32.7 Å². The van der Waals surface area contributed by atoms with Gasteiger partial charge in [0.25, 0.3) is 0 Å². The van der Waals surface area contributed by atoms with Gasteiger partial charge in [0, 0.05) is 24.8 Å². The van der Waals surface area contributed by atoms with Crippen molar-refractivity contribution in [3.63, 3.8) is 0 Å². The molecule has 0 atom stereocenters. The number of hydrogen-bond donors (Lipinski definition) is 1. The molecule has 0 spiro atoms. The van der Waals surface area contributed by atoms with E-state index in [1.165, 1.54) is 11.3 Å². The monoisotopic (exact) mass is 277 g/mol. The van der Waals surface area contributed by atoms with Gasteiger partial charge < -0.3 is 14.7 Å². The number of benzene rings is 1. The molecule has 1 saturated heterocycles. The molecule has 1 aliphatic rings. The maximum absolute atomic E-state index is 9.61. The number of piperidine rings is 1. The molecule has 0 bridgehead atoms. The number of aliphatic hydroxyl groups is 1. The molecule has 0 amide bonds. The van der Waals surface area contributed by atoms with E-state index >= 15 is 0 Å². The first-order valence-electron chi connectivity index (χ1n) is 7.62. The quantitative estimate of drug-likeness (QED) is 0.919. The minimum Gasteiger partial charge on any atom is -0.493 e. The van der Waals surface area contributed by atoms with Crippen molar-refractivity contribution in [3.8, 4) is 5.75 Å². The van der Waals surface area contributed by atoms with E-state index in [1.54, 1.807) is 0 Å². The van der Waals surface area contributed by atoms with Crippen molar-refractivity contribution in [1.29, 1.82) is 0 Å². The number of ether oxygens (including phenoxy) is 1. The van der Waals surface area contributed by atoms with E-state index in [0.717, 1.165) is 31.7 Å². The highest BCUT2D eigenvalue weighted by Crippen LogP contribution is 2.35. The predicted octanol–water partition coefficient (Wildman–Crippen LogP) is 3.34. The smallest absolute Gasteiger partial charge is 0.125 e. The number of aliphatic hydroxyl groups excluding tert-OH is 1. The van der Waals surface area contributed by atoms with Crippen LogP contribution in [-0.2, 0) is 5.41 Å². The summed E-state index contributed by atoms with van der Waals surface area (Å²) in [4.78, 5) is 2.34. The first kappa shape index (κ1) is 15.2. The molecule has 0 aromatic heterocycles. The van der Waals surface area contributed by atoms with Crippen LogP contribution in [0.5, 0.6) is 5.75 Å². The van der Waals surface area contributed by atoms with E-state index in [4.69, 9.17) is 4.74 Å². The first-order chi connectivity index (χ1) is 9.41. The molecule has 2 rings (SSSR count). The Morgan fingerprint density at radius 2 is 1.90 bits per heavy atom. The summed E-state index contributed by atoms with van der Waals surface area (Å²) in [5.74, 6) is 0.989. The molecule has 3 heteroatoms. The van der Waals surface area contributed by atoms with Crippen LogP contribution in [0.1, 0.15) is 46.1 Å². The van der Waals surface area contributed by atoms with Gasteiger partial charge in [0.15, 0.2) is 0 Å². The van der Waals surface area contributed by atoms with E-state index in [1.807, 2.05) is 6.92 Å². The summed E-state index contributed by atoms with van der Waals surface area (Å²) >= 11 is 0. The van der Waals surface area contributed by atoms with Crippen molar-refractivity contribution in [2.24, 2.45) is 0 Å². The summed E-state index contributed by atoms with van der Waals surface area (Å²) in [5, 5.41) is 9.61. The lowest BCUT2D eigenvalue weighted by Gasteiger charge is -2.32. The predicted molar refractivity (Wildman–Crippen MR) is 83.8 cm³/mol. The van der Waals surface area contributed by atoms with Crippen LogP contribution in [0.25, 0.3) is 0 Å². The molecule has 0 unspecified atom stereocenters. The highest BCUT2D eigenvalue weighted by Gasteiger charge is 2.22. The third-order valence-electron chi connectivity index (χ3n) is 3.90. The molecule has 20 heavy (non-hydrogen) atoms. The maximum Gasteiger partial charge on any atom is 0.125 e. The van der Waals surface area contributed by atoms with Gasteiger partial charge in [0.05, 0.1) is 12.7 Å². The van der Waals surface area contributed by atoms with Crippen LogP contribution >= 0.6 is 0 Å². The first-order valence-corrected chi connectivity index (χ1v) is 7.62. The van der Waals surface area contributed by atoms with Crippen LogP contribution in [0.4, 0.5) is 5.69 Å². The van der Waals surface area contributed by atoms with Gasteiger partial charge in [0.1, 0.15) is 5.75 Å². The summed E-state index contributed by atoms with van der Waals surface area (Å²) in [7, 11) is 0. The van der Waals surface area contributed by atoms with Crippen LogP contribution in [0.3, 0.4) is 0 Å². The fourth-order valence-electron chi connectivity index (χ4n) is 2.73. The third kappa shape index (κ3) is 3.45. The van der Waals surface area contributed by atoms with Gasteiger partial charge in [-0.2, -0.15) is 0 Å². The van der Waals surface area contributed by atoms with Gasteiger partial charge in [0.2, 0.25) is 0 Å². The van der Waals surface area contributed by atoms with Crippen molar-refractivity contribution >= 4 is 5.69 Å². The third-order valence-corrected chi connectivity index (χ3v) is 3.90. The zero-order valence-electron chi connectivity index (χ0n) is 13.1. The SMILES string of the molecule is CCOc1cc(N2CCC(O)CC2)ccc1C(C)(C)C. The Morgan fingerprint density at radius 1 is 1.25 bits per heavy atom. The molecule has 0 radical (unpaired) electrons. The molecule has 1 N–H and O–H groups in total. The molecule has 1 fully saturated rings. The second-order valence-corrected chi connectivity index (χ2v) is 6.58. The highest BCUT2D eigenvalue weighted by molar-refractivity contribution is 5.55. The highest BCUT2D eigenvalue weighted by atomic mass is 16.5. The molecule has 1 heterocycles. The Hall–Kier alpha value is -1.22. The van der Waals surface area contributed by atoms with E-state index in [-0.39, 0.29) is 11.5 Å². The molecular formula is C17H27NO2. The molecule has 0 aliphatic carbocycles. The summed E-state index contributed by atoms with van der Waals surface area (Å²) in [6, 6.07) is 6.52. The molecule has 1 aromatic carbocycles. The minimum absolute atomic E-state index is 0.0844. The summed E-state index contributed by atoms with van der Waals surface area (Å²) in [5.41, 5.74) is 2.54. The van der Waals surface area contributed by atoms with E-state index in [0.29, 0.717) is 6.61 Å². The van der Waals surface area contributed by atoms with Gasteiger partial charge in [-0.3, -0.25) is 0 Å². The van der Waals surface area contributed by atoms with Gasteiger partial charge >= 0.3 is 0 Å². The molecular weight excluding hydrogens is 250 g/mol. The number of nitrogens with zero attached hydrogens (tertiary/aromatic N) is 1. The summed E-state index contributed by atoms with van der Waals surface area (Å²) in [6.45, 7) is 11.2. The summed E-state index contributed by atoms with van der Waals surface area (Å²) < 4.78 is 5.84. The van der Waals surface area contributed by atoms with Gasteiger partial charge in [-0.05, 0) is 36.8 Å². The Labute approximate surface area is 122 Å². The Bertz CT molecular complexity index is 443. The Kier molecular flexibility index (Phi) is 4.59. The van der Waals surface area contributed by atoms with Crippen LogP contribution in [0.2, 0.25) is 0 Å². The van der Waals surface area contributed by atoms with Gasteiger partial charge in [-0.15, -0.1) is 0 Å². The zero-order valence-corrected chi connectivity index (χ0v) is 13.1. The Morgan fingerprint density at radius 3 is 2.45 bits per heavy atom. The van der Waals surface area contributed by atoms with Crippen LogP contribution in [0.15, 0.2) is 18.2 Å². The minimum atomic E-state index is -0.133. The number of rotatable bonds is 3. The largest absolute Gasteiger partial charge is 0.493 e. The number of anilines is 1. The Balaban J connectivity index is 2.25.